The maximum atomic E-state index is 13.5. The van der Waals surface area contributed by atoms with Crippen molar-refractivity contribution < 1.29 is 13.9 Å². The van der Waals surface area contributed by atoms with Gasteiger partial charge in [-0.1, -0.05) is 0 Å². The van der Waals surface area contributed by atoms with Crippen LogP contribution in [0.1, 0.15) is 23.7 Å². The molecule has 1 aromatic rings. The van der Waals surface area contributed by atoms with Gasteiger partial charge in [-0.2, -0.15) is 0 Å². The lowest BCUT2D eigenvalue weighted by Gasteiger charge is -2.22. The van der Waals surface area contributed by atoms with Crippen molar-refractivity contribution in [2.75, 3.05) is 19.7 Å². The molecule has 0 aromatic carbocycles. The van der Waals surface area contributed by atoms with Crippen LogP contribution in [0.4, 0.5) is 4.39 Å². The third-order valence-electron chi connectivity index (χ3n) is 2.74. The summed E-state index contributed by atoms with van der Waals surface area (Å²) < 4.78 is 18.9. The average molecular weight is 238 g/mol. The van der Waals surface area contributed by atoms with E-state index in [9.17, 15) is 9.18 Å². The molecule has 2 heterocycles. The lowest BCUT2D eigenvalue weighted by molar-refractivity contribution is 0.0560. The summed E-state index contributed by atoms with van der Waals surface area (Å²) in [6, 6.07) is 1.41. The predicted molar refractivity (Wildman–Crippen MR) is 60.1 cm³/mol. The lowest BCUT2D eigenvalue weighted by Crippen LogP contribution is -2.36. The maximum absolute atomic E-state index is 13.5. The van der Waals surface area contributed by atoms with Crippen LogP contribution in [0, 0.1) is 5.82 Å². The Labute approximate surface area is 99.4 Å². The van der Waals surface area contributed by atoms with Gasteiger partial charge >= 0.3 is 0 Å². The monoisotopic (exact) mass is 238 g/mol. The third kappa shape index (κ3) is 2.79. The van der Waals surface area contributed by atoms with E-state index in [1.807, 2.05) is 6.92 Å². The SMILES string of the molecule is CC1CN(C(=O)c2ccncc2F)CCCO1. The van der Waals surface area contributed by atoms with E-state index < -0.39 is 5.82 Å². The van der Waals surface area contributed by atoms with Crippen LogP contribution < -0.4 is 0 Å². The summed E-state index contributed by atoms with van der Waals surface area (Å²) in [7, 11) is 0. The first-order valence-corrected chi connectivity index (χ1v) is 5.69. The van der Waals surface area contributed by atoms with Gasteiger partial charge in [0, 0.05) is 25.9 Å². The van der Waals surface area contributed by atoms with Crippen LogP contribution >= 0.6 is 0 Å². The standard InChI is InChI=1S/C12H15FN2O2/c1-9-8-15(5-2-6-17-9)12(16)10-3-4-14-7-11(10)13/h3-4,7,9H,2,5-6,8H2,1H3. The zero-order chi connectivity index (χ0) is 12.3. The Bertz CT molecular complexity index is 411. The number of aromatic nitrogens is 1. The molecule has 1 saturated heterocycles. The van der Waals surface area contributed by atoms with Crippen molar-refractivity contribution in [2.24, 2.45) is 0 Å². The van der Waals surface area contributed by atoms with Crippen LogP contribution in [0.3, 0.4) is 0 Å². The van der Waals surface area contributed by atoms with Crippen molar-refractivity contribution in [1.29, 1.82) is 0 Å². The summed E-state index contributed by atoms with van der Waals surface area (Å²) in [5.41, 5.74) is 0.0779. The molecule has 1 aliphatic rings. The molecule has 1 aromatic heterocycles. The first-order chi connectivity index (χ1) is 8.18. The van der Waals surface area contributed by atoms with Gasteiger partial charge in [-0.05, 0) is 19.4 Å². The van der Waals surface area contributed by atoms with E-state index in [1.165, 1.54) is 12.3 Å². The highest BCUT2D eigenvalue weighted by Crippen LogP contribution is 2.12. The van der Waals surface area contributed by atoms with E-state index in [1.54, 1.807) is 4.90 Å². The van der Waals surface area contributed by atoms with E-state index in [-0.39, 0.29) is 17.6 Å². The van der Waals surface area contributed by atoms with Crippen LogP contribution in [0.15, 0.2) is 18.5 Å². The van der Waals surface area contributed by atoms with E-state index >= 15 is 0 Å². The molecule has 1 aliphatic heterocycles. The number of rotatable bonds is 1. The molecule has 0 bridgehead atoms. The Hall–Kier alpha value is -1.49. The van der Waals surface area contributed by atoms with Crippen molar-refractivity contribution in [2.45, 2.75) is 19.4 Å². The Morgan fingerprint density at radius 1 is 1.65 bits per heavy atom. The van der Waals surface area contributed by atoms with Gasteiger partial charge in [0.15, 0.2) is 5.82 Å². The first kappa shape index (κ1) is 12.0. The second kappa shape index (κ2) is 5.23. The number of hydrogen-bond donors (Lipinski definition) is 0. The van der Waals surface area contributed by atoms with E-state index in [0.29, 0.717) is 19.7 Å². The minimum absolute atomic E-state index is 0.00801. The molecule has 0 aliphatic carbocycles. The minimum atomic E-state index is -0.574. The molecule has 0 N–H and O–H groups in total. The fourth-order valence-electron chi connectivity index (χ4n) is 1.90. The Morgan fingerprint density at radius 3 is 3.24 bits per heavy atom. The molecule has 2 rings (SSSR count). The number of nitrogens with zero attached hydrogens (tertiary/aromatic N) is 2. The normalized spacial score (nSPS) is 21.1. The summed E-state index contributed by atoms with van der Waals surface area (Å²) in [6.07, 6.45) is 3.26. The lowest BCUT2D eigenvalue weighted by atomic mass is 10.2. The quantitative estimate of drug-likeness (QED) is 0.744. The molecule has 1 unspecified atom stereocenters. The molecular formula is C12H15FN2O2. The Morgan fingerprint density at radius 2 is 2.47 bits per heavy atom. The highest BCUT2D eigenvalue weighted by atomic mass is 19.1. The minimum Gasteiger partial charge on any atom is -0.377 e. The maximum Gasteiger partial charge on any atom is 0.257 e. The Kier molecular flexibility index (Phi) is 3.68. The summed E-state index contributed by atoms with van der Waals surface area (Å²) in [4.78, 5) is 17.4. The number of halogens is 1. The van der Waals surface area contributed by atoms with Crippen molar-refractivity contribution in [3.63, 3.8) is 0 Å². The van der Waals surface area contributed by atoms with Gasteiger partial charge in [0.05, 0.1) is 17.9 Å². The number of hydrogen-bond acceptors (Lipinski definition) is 3. The molecule has 0 saturated carbocycles. The molecule has 0 spiro atoms. The van der Waals surface area contributed by atoms with Crippen LogP contribution in [0.2, 0.25) is 0 Å². The molecule has 5 heteroatoms. The topological polar surface area (TPSA) is 42.4 Å². The zero-order valence-electron chi connectivity index (χ0n) is 9.73. The van der Waals surface area contributed by atoms with Gasteiger partial charge in [-0.3, -0.25) is 9.78 Å². The van der Waals surface area contributed by atoms with Crippen molar-refractivity contribution in [3.8, 4) is 0 Å². The van der Waals surface area contributed by atoms with Gasteiger partial charge in [-0.25, -0.2) is 4.39 Å². The fraction of sp³-hybridized carbons (Fsp3) is 0.500. The number of ether oxygens (including phenoxy) is 1. The van der Waals surface area contributed by atoms with Crippen LogP contribution in [0.25, 0.3) is 0 Å². The highest BCUT2D eigenvalue weighted by Gasteiger charge is 2.22. The molecule has 17 heavy (non-hydrogen) atoms. The highest BCUT2D eigenvalue weighted by molar-refractivity contribution is 5.94. The molecule has 4 nitrogen and oxygen atoms in total. The van der Waals surface area contributed by atoms with E-state index in [2.05, 4.69) is 4.98 Å². The van der Waals surface area contributed by atoms with E-state index in [4.69, 9.17) is 4.74 Å². The summed E-state index contributed by atoms with van der Waals surface area (Å²) in [5.74, 6) is -0.863. The molecule has 1 amide bonds. The van der Waals surface area contributed by atoms with Crippen molar-refractivity contribution >= 4 is 5.91 Å². The largest absolute Gasteiger partial charge is 0.377 e. The second-order valence-corrected chi connectivity index (χ2v) is 4.14. The van der Waals surface area contributed by atoms with Gasteiger partial charge in [0.2, 0.25) is 0 Å². The third-order valence-corrected chi connectivity index (χ3v) is 2.74. The van der Waals surface area contributed by atoms with Gasteiger partial charge in [0.25, 0.3) is 5.91 Å². The van der Waals surface area contributed by atoms with Crippen molar-refractivity contribution in [1.82, 2.24) is 9.88 Å². The van der Waals surface area contributed by atoms with Crippen LogP contribution in [0.5, 0.6) is 0 Å². The number of amides is 1. The van der Waals surface area contributed by atoms with Crippen LogP contribution in [-0.4, -0.2) is 41.6 Å². The molecule has 92 valence electrons. The number of carbonyl (C=O) groups is 1. The molecule has 1 atom stereocenters. The van der Waals surface area contributed by atoms with Crippen LogP contribution in [-0.2, 0) is 4.74 Å². The van der Waals surface area contributed by atoms with Gasteiger partial charge in [-0.15, -0.1) is 0 Å². The summed E-state index contributed by atoms with van der Waals surface area (Å²) >= 11 is 0. The second-order valence-electron chi connectivity index (χ2n) is 4.14. The van der Waals surface area contributed by atoms with E-state index in [0.717, 1.165) is 12.6 Å². The Balaban J connectivity index is 2.16. The van der Waals surface area contributed by atoms with Gasteiger partial charge < -0.3 is 9.64 Å². The molecule has 1 fully saturated rings. The molecular weight excluding hydrogens is 223 g/mol. The average Bonchev–Trinajstić information content (AvgIpc) is 2.54. The first-order valence-electron chi connectivity index (χ1n) is 5.69. The summed E-state index contributed by atoms with van der Waals surface area (Å²) in [6.45, 7) is 3.66. The van der Waals surface area contributed by atoms with Crippen molar-refractivity contribution in [3.05, 3.63) is 29.8 Å². The number of pyridine rings is 1. The fourth-order valence-corrected chi connectivity index (χ4v) is 1.90. The molecule has 0 radical (unpaired) electrons. The predicted octanol–water partition coefficient (Wildman–Crippen LogP) is 1.47. The zero-order valence-corrected chi connectivity index (χ0v) is 9.73. The number of carbonyl (C=O) groups excluding carboxylic acids is 1. The van der Waals surface area contributed by atoms with Gasteiger partial charge in [0.1, 0.15) is 0 Å². The summed E-state index contributed by atoms with van der Waals surface area (Å²) in [5, 5.41) is 0. The smallest absolute Gasteiger partial charge is 0.257 e.